The number of amides is 1. The minimum atomic E-state index is -0.330. The van der Waals surface area contributed by atoms with Gasteiger partial charge in [-0.25, -0.2) is 5.43 Å². The molecule has 0 aliphatic rings. The van der Waals surface area contributed by atoms with Crippen molar-refractivity contribution in [1.29, 1.82) is 5.26 Å². The van der Waals surface area contributed by atoms with Crippen molar-refractivity contribution in [2.75, 3.05) is 6.61 Å². The maximum absolute atomic E-state index is 11.8. The molecule has 0 saturated carbocycles. The average molecular weight is 280 g/mol. The van der Waals surface area contributed by atoms with Gasteiger partial charge in [0.1, 0.15) is 11.8 Å². The molecule has 1 aromatic carbocycles. The van der Waals surface area contributed by atoms with Crippen molar-refractivity contribution < 1.29 is 9.53 Å². The van der Waals surface area contributed by atoms with Crippen molar-refractivity contribution in [3.63, 3.8) is 0 Å². The highest BCUT2D eigenvalue weighted by Gasteiger charge is 2.03. The van der Waals surface area contributed by atoms with E-state index in [4.69, 9.17) is 10.00 Å². The molecule has 0 radical (unpaired) electrons. The summed E-state index contributed by atoms with van der Waals surface area (Å²) in [5.74, 6) is 0.199. The lowest BCUT2D eigenvalue weighted by atomic mass is 10.2. The Hall–Kier alpha value is -3.20. The summed E-state index contributed by atoms with van der Waals surface area (Å²) in [6, 6.07) is 12.2. The van der Waals surface area contributed by atoms with Crippen LogP contribution in [0.4, 0.5) is 0 Å². The Morgan fingerprint density at radius 3 is 2.86 bits per heavy atom. The molecule has 0 atom stereocenters. The number of carbonyl (C=O) groups excluding carboxylic acids is 1. The molecule has 21 heavy (non-hydrogen) atoms. The van der Waals surface area contributed by atoms with Gasteiger partial charge in [0.2, 0.25) is 0 Å². The van der Waals surface area contributed by atoms with E-state index in [1.54, 1.807) is 30.3 Å². The second kappa shape index (κ2) is 7.40. The molecule has 2 aromatic rings. The number of hydrazone groups is 1. The minimum Gasteiger partial charge on any atom is -0.478 e. The molecule has 0 fully saturated rings. The molecule has 1 amide bonds. The number of nitriles is 1. The Kier molecular flexibility index (Phi) is 5.01. The predicted octanol–water partition coefficient (Wildman–Crippen LogP) is 1.75. The summed E-state index contributed by atoms with van der Waals surface area (Å²) in [5, 5.41) is 12.4. The van der Waals surface area contributed by atoms with Crippen LogP contribution in [-0.2, 0) is 0 Å². The number of nitrogens with zero attached hydrogens (tertiary/aromatic N) is 3. The molecular weight excluding hydrogens is 268 g/mol. The third-order valence-corrected chi connectivity index (χ3v) is 2.52. The van der Waals surface area contributed by atoms with Crippen LogP contribution in [0.15, 0.2) is 53.9 Å². The number of pyridine rings is 1. The van der Waals surface area contributed by atoms with Gasteiger partial charge in [0, 0.05) is 23.5 Å². The Morgan fingerprint density at radius 2 is 2.10 bits per heavy atom. The monoisotopic (exact) mass is 280 g/mol. The lowest BCUT2D eigenvalue weighted by Gasteiger charge is -2.04. The molecule has 0 spiro atoms. The first-order valence-corrected chi connectivity index (χ1v) is 6.13. The molecular formula is C15H12N4O2. The van der Waals surface area contributed by atoms with E-state index < -0.39 is 0 Å². The predicted molar refractivity (Wildman–Crippen MR) is 76.8 cm³/mol. The Labute approximate surface area is 121 Å². The Balaban J connectivity index is 2.02. The van der Waals surface area contributed by atoms with Gasteiger partial charge in [-0.05, 0) is 24.3 Å². The summed E-state index contributed by atoms with van der Waals surface area (Å²) in [6.45, 7) is -0.0474. The van der Waals surface area contributed by atoms with Gasteiger partial charge in [-0.15, -0.1) is 0 Å². The molecule has 0 bridgehead atoms. The van der Waals surface area contributed by atoms with Crippen LogP contribution in [0, 0.1) is 11.3 Å². The third kappa shape index (κ3) is 4.14. The number of hydrogen-bond donors (Lipinski definition) is 1. The molecule has 0 aliphatic carbocycles. The van der Waals surface area contributed by atoms with E-state index in [2.05, 4.69) is 15.5 Å². The number of rotatable bonds is 5. The lowest BCUT2D eigenvalue weighted by Crippen LogP contribution is -2.17. The van der Waals surface area contributed by atoms with Gasteiger partial charge in [-0.1, -0.05) is 12.1 Å². The van der Waals surface area contributed by atoms with Crippen molar-refractivity contribution >= 4 is 12.1 Å². The van der Waals surface area contributed by atoms with Crippen LogP contribution in [0.5, 0.6) is 5.75 Å². The van der Waals surface area contributed by atoms with E-state index in [9.17, 15) is 4.79 Å². The number of para-hydroxylation sites is 1. The summed E-state index contributed by atoms with van der Waals surface area (Å²) in [6.07, 6.45) is 4.53. The summed E-state index contributed by atoms with van der Waals surface area (Å²) in [5.41, 5.74) is 3.55. The zero-order chi connectivity index (χ0) is 14.9. The van der Waals surface area contributed by atoms with Gasteiger partial charge < -0.3 is 4.74 Å². The van der Waals surface area contributed by atoms with Crippen LogP contribution in [-0.4, -0.2) is 23.7 Å². The zero-order valence-electron chi connectivity index (χ0n) is 11.1. The van der Waals surface area contributed by atoms with Crippen molar-refractivity contribution in [2.24, 2.45) is 5.10 Å². The minimum absolute atomic E-state index is 0.0474. The maximum Gasteiger partial charge on any atom is 0.271 e. The van der Waals surface area contributed by atoms with Gasteiger partial charge in [-0.2, -0.15) is 10.4 Å². The van der Waals surface area contributed by atoms with Gasteiger partial charge in [0.15, 0.2) is 6.61 Å². The second-order valence-electron chi connectivity index (χ2n) is 3.92. The summed E-state index contributed by atoms with van der Waals surface area (Å²) in [7, 11) is 0. The smallest absolute Gasteiger partial charge is 0.271 e. The van der Waals surface area contributed by atoms with Gasteiger partial charge in [0.05, 0.1) is 6.21 Å². The summed E-state index contributed by atoms with van der Waals surface area (Å²) >= 11 is 0. The van der Waals surface area contributed by atoms with Crippen LogP contribution in [0.3, 0.4) is 0 Å². The fourth-order valence-corrected chi connectivity index (χ4v) is 1.56. The molecule has 2 rings (SSSR count). The van der Waals surface area contributed by atoms with Gasteiger partial charge >= 0.3 is 0 Å². The largest absolute Gasteiger partial charge is 0.478 e. The molecule has 0 aliphatic heterocycles. The van der Waals surface area contributed by atoms with Crippen LogP contribution >= 0.6 is 0 Å². The maximum atomic E-state index is 11.8. The highest BCUT2D eigenvalue weighted by molar-refractivity contribution is 5.94. The number of benzene rings is 1. The normalized spacial score (nSPS) is 10.0. The fraction of sp³-hybridized carbons (Fsp3) is 0.0667. The van der Waals surface area contributed by atoms with Crippen molar-refractivity contribution in [2.45, 2.75) is 0 Å². The highest BCUT2D eigenvalue weighted by atomic mass is 16.5. The molecule has 6 heteroatoms. The van der Waals surface area contributed by atoms with E-state index in [1.807, 2.05) is 12.1 Å². The number of hydrogen-bond acceptors (Lipinski definition) is 5. The van der Waals surface area contributed by atoms with Crippen molar-refractivity contribution in [3.05, 3.63) is 59.9 Å². The molecule has 104 valence electrons. The topological polar surface area (TPSA) is 87.4 Å². The van der Waals surface area contributed by atoms with E-state index in [0.29, 0.717) is 16.9 Å². The molecule has 1 aromatic heterocycles. The second-order valence-corrected chi connectivity index (χ2v) is 3.92. The van der Waals surface area contributed by atoms with E-state index in [-0.39, 0.29) is 12.5 Å². The van der Waals surface area contributed by atoms with Gasteiger partial charge in [0.25, 0.3) is 5.91 Å². The third-order valence-electron chi connectivity index (χ3n) is 2.52. The molecule has 0 unspecified atom stereocenters. The lowest BCUT2D eigenvalue weighted by molar-refractivity contribution is 0.0955. The van der Waals surface area contributed by atoms with E-state index in [1.165, 1.54) is 18.6 Å². The van der Waals surface area contributed by atoms with E-state index in [0.717, 1.165) is 0 Å². The SMILES string of the molecule is N#CCOc1ccccc1/C=N\NC(=O)c1ccncc1. The van der Waals surface area contributed by atoms with Gasteiger partial charge in [-0.3, -0.25) is 9.78 Å². The van der Waals surface area contributed by atoms with Crippen LogP contribution < -0.4 is 10.2 Å². The number of aromatic nitrogens is 1. The van der Waals surface area contributed by atoms with Crippen molar-refractivity contribution in [1.82, 2.24) is 10.4 Å². The van der Waals surface area contributed by atoms with Crippen molar-refractivity contribution in [3.8, 4) is 11.8 Å². The van der Waals surface area contributed by atoms with Crippen LogP contribution in [0.25, 0.3) is 0 Å². The standard InChI is InChI=1S/C15H12N4O2/c16-7-10-21-14-4-2-1-3-13(14)11-18-19-15(20)12-5-8-17-9-6-12/h1-6,8-9,11H,10H2,(H,19,20)/b18-11-. The number of nitrogens with one attached hydrogen (secondary N) is 1. The zero-order valence-corrected chi connectivity index (χ0v) is 11.1. The number of ether oxygens (including phenoxy) is 1. The molecule has 0 saturated heterocycles. The molecule has 1 N–H and O–H groups in total. The fourth-order valence-electron chi connectivity index (χ4n) is 1.56. The summed E-state index contributed by atoms with van der Waals surface area (Å²) in [4.78, 5) is 15.6. The average Bonchev–Trinajstić information content (AvgIpc) is 2.54. The number of carbonyl (C=O) groups is 1. The Morgan fingerprint density at radius 1 is 1.33 bits per heavy atom. The van der Waals surface area contributed by atoms with Crippen LogP contribution in [0.2, 0.25) is 0 Å². The summed E-state index contributed by atoms with van der Waals surface area (Å²) < 4.78 is 5.26. The van der Waals surface area contributed by atoms with Crippen LogP contribution in [0.1, 0.15) is 15.9 Å². The molecule has 6 nitrogen and oxygen atoms in total. The quantitative estimate of drug-likeness (QED) is 0.667. The van der Waals surface area contributed by atoms with E-state index >= 15 is 0 Å². The highest BCUT2D eigenvalue weighted by Crippen LogP contribution is 2.15. The Bertz CT molecular complexity index is 678. The first-order valence-electron chi connectivity index (χ1n) is 6.13. The molecule has 1 heterocycles. The first kappa shape index (κ1) is 14.2. The first-order chi connectivity index (χ1) is 10.3.